The van der Waals surface area contributed by atoms with E-state index in [1.54, 1.807) is 19.2 Å². The second-order valence-corrected chi connectivity index (χ2v) is 6.69. The van der Waals surface area contributed by atoms with Crippen molar-refractivity contribution in [1.82, 2.24) is 16.0 Å². The SMILES string of the molecule is CN=C(NCCNC(=O)OC(C)(C)C)NCC(C)Oc1ccc(F)cc1.I. The third-order valence-corrected chi connectivity index (χ3v) is 3.02. The first-order valence-electron chi connectivity index (χ1n) is 8.53. The topological polar surface area (TPSA) is 84.0 Å². The largest absolute Gasteiger partial charge is 0.489 e. The van der Waals surface area contributed by atoms with Crippen LogP contribution >= 0.6 is 24.0 Å². The number of ether oxygens (including phenoxy) is 2. The standard InChI is InChI=1S/C18H29FN4O3.HI/c1-13(25-15-8-6-14(19)7-9-15)12-23-16(20-5)21-10-11-22-17(24)26-18(2,3)4;/h6-9,13H,10-12H2,1-5H3,(H,22,24)(H2,20,21,23);1H. The number of carbonyl (C=O) groups is 1. The van der Waals surface area contributed by atoms with Crippen molar-refractivity contribution >= 4 is 36.0 Å². The van der Waals surface area contributed by atoms with Crippen LogP contribution in [0.25, 0.3) is 0 Å². The molecular weight excluding hydrogens is 466 g/mol. The molecule has 1 unspecified atom stereocenters. The summed E-state index contributed by atoms with van der Waals surface area (Å²) in [6.07, 6.45) is -0.595. The van der Waals surface area contributed by atoms with E-state index in [1.165, 1.54) is 12.1 Å². The number of aliphatic imine (C=N–C) groups is 1. The monoisotopic (exact) mass is 496 g/mol. The molecule has 0 fully saturated rings. The summed E-state index contributed by atoms with van der Waals surface area (Å²) in [5, 5.41) is 8.86. The van der Waals surface area contributed by atoms with Crippen LogP contribution < -0.4 is 20.7 Å². The zero-order valence-electron chi connectivity index (χ0n) is 16.5. The zero-order valence-corrected chi connectivity index (χ0v) is 18.8. The quantitative estimate of drug-likeness (QED) is 0.234. The average molecular weight is 496 g/mol. The first kappa shape index (κ1) is 25.2. The third kappa shape index (κ3) is 12.3. The Morgan fingerprint density at radius 1 is 1.15 bits per heavy atom. The maximum absolute atomic E-state index is 12.9. The van der Waals surface area contributed by atoms with Crippen LogP contribution in [0, 0.1) is 5.82 Å². The van der Waals surface area contributed by atoms with Crippen LogP contribution in [0.3, 0.4) is 0 Å². The molecule has 1 aromatic rings. The minimum Gasteiger partial charge on any atom is -0.489 e. The summed E-state index contributed by atoms with van der Waals surface area (Å²) in [5.74, 6) is 0.892. The van der Waals surface area contributed by atoms with Crippen LogP contribution in [0.15, 0.2) is 29.3 Å². The number of rotatable bonds is 7. The summed E-state index contributed by atoms with van der Waals surface area (Å²) in [7, 11) is 1.65. The van der Waals surface area contributed by atoms with Gasteiger partial charge in [-0.25, -0.2) is 9.18 Å². The maximum atomic E-state index is 12.9. The number of hydrogen-bond acceptors (Lipinski definition) is 4. The predicted molar refractivity (Wildman–Crippen MR) is 116 cm³/mol. The molecule has 0 aromatic heterocycles. The molecule has 1 atom stereocenters. The van der Waals surface area contributed by atoms with Crippen LogP contribution in [-0.4, -0.2) is 50.4 Å². The van der Waals surface area contributed by atoms with Crippen LogP contribution in [0.4, 0.5) is 9.18 Å². The van der Waals surface area contributed by atoms with Crippen LogP contribution in [-0.2, 0) is 4.74 Å². The highest BCUT2D eigenvalue weighted by Gasteiger charge is 2.15. The van der Waals surface area contributed by atoms with Crippen molar-refractivity contribution in [2.24, 2.45) is 4.99 Å². The molecule has 154 valence electrons. The van der Waals surface area contributed by atoms with Crippen molar-refractivity contribution in [2.75, 3.05) is 26.7 Å². The highest BCUT2D eigenvalue weighted by atomic mass is 127. The molecule has 7 nitrogen and oxygen atoms in total. The van der Waals surface area contributed by atoms with E-state index < -0.39 is 11.7 Å². The van der Waals surface area contributed by atoms with Gasteiger partial charge in [0.1, 0.15) is 23.3 Å². The summed E-state index contributed by atoms with van der Waals surface area (Å²) < 4.78 is 23.7. The second kappa shape index (κ2) is 12.6. The van der Waals surface area contributed by atoms with Gasteiger partial charge in [0.15, 0.2) is 5.96 Å². The summed E-state index contributed by atoms with van der Waals surface area (Å²) in [6.45, 7) is 8.73. The molecule has 1 amide bonds. The second-order valence-electron chi connectivity index (χ2n) is 6.69. The van der Waals surface area contributed by atoms with Gasteiger partial charge in [-0.05, 0) is 52.0 Å². The smallest absolute Gasteiger partial charge is 0.407 e. The molecule has 27 heavy (non-hydrogen) atoms. The van der Waals surface area contributed by atoms with E-state index in [0.717, 1.165) is 0 Å². The Labute approximate surface area is 177 Å². The van der Waals surface area contributed by atoms with E-state index in [-0.39, 0.29) is 35.9 Å². The molecule has 0 saturated carbocycles. The molecule has 1 aromatic carbocycles. The third-order valence-electron chi connectivity index (χ3n) is 3.02. The molecule has 0 aliphatic carbocycles. The summed E-state index contributed by atoms with van der Waals surface area (Å²) in [6, 6.07) is 5.88. The van der Waals surface area contributed by atoms with Crippen molar-refractivity contribution < 1.29 is 18.7 Å². The van der Waals surface area contributed by atoms with Crippen molar-refractivity contribution in [3.63, 3.8) is 0 Å². The van der Waals surface area contributed by atoms with Gasteiger partial charge in [-0.3, -0.25) is 4.99 Å². The Bertz CT molecular complexity index is 591. The Balaban J connectivity index is 0.00000676. The van der Waals surface area contributed by atoms with E-state index in [1.807, 2.05) is 27.7 Å². The number of benzene rings is 1. The minimum atomic E-state index is -0.518. The summed E-state index contributed by atoms with van der Waals surface area (Å²) in [5.41, 5.74) is -0.518. The van der Waals surface area contributed by atoms with Crippen LogP contribution in [0.2, 0.25) is 0 Å². The Hall–Kier alpha value is -1.78. The number of guanidine groups is 1. The molecule has 0 spiro atoms. The summed E-state index contributed by atoms with van der Waals surface area (Å²) in [4.78, 5) is 15.6. The van der Waals surface area contributed by atoms with Gasteiger partial charge in [0.25, 0.3) is 0 Å². The molecule has 0 aliphatic rings. The highest BCUT2D eigenvalue weighted by Crippen LogP contribution is 2.12. The van der Waals surface area contributed by atoms with Crippen LogP contribution in [0.1, 0.15) is 27.7 Å². The van der Waals surface area contributed by atoms with Gasteiger partial charge in [-0.1, -0.05) is 0 Å². The van der Waals surface area contributed by atoms with Gasteiger partial charge >= 0.3 is 6.09 Å². The molecule has 0 saturated heterocycles. The molecular formula is C18H30FIN4O3. The van der Waals surface area contributed by atoms with E-state index in [2.05, 4.69) is 20.9 Å². The molecule has 9 heteroatoms. The van der Waals surface area contributed by atoms with Gasteiger partial charge in [-0.15, -0.1) is 24.0 Å². The highest BCUT2D eigenvalue weighted by molar-refractivity contribution is 14.0. The number of hydrogen-bond donors (Lipinski definition) is 3. The number of amides is 1. The van der Waals surface area contributed by atoms with Gasteiger partial charge in [0, 0.05) is 20.1 Å². The molecule has 0 bridgehead atoms. The van der Waals surface area contributed by atoms with Gasteiger partial charge < -0.3 is 25.4 Å². The van der Waals surface area contributed by atoms with Crippen molar-refractivity contribution in [3.8, 4) is 5.75 Å². The van der Waals surface area contributed by atoms with E-state index >= 15 is 0 Å². The van der Waals surface area contributed by atoms with Gasteiger partial charge in [-0.2, -0.15) is 0 Å². The van der Waals surface area contributed by atoms with Crippen molar-refractivity contribution in [1.29, 1.82) is 0 Å². The lowest BCUT2D eigenvalue weighted by Crippen LogP contribution is -2.44. The zero-order chi connectivity index (χ0) is 19.6. The number of nitrogens with zero attached hydrogens (tertiary/aromatic N) is 1. The fourth-order valence-electron chi connectivity index (χ4n) is 1.91. The van der Waals surface area contributed by atoms with Gasteiger partial charge in [0.2, 0.25) is 0 Å². The molecule has 0 aliphatic heterocycles. The fourth-order valence-corrected chi connectivity index (χ4v) is 1.91. The van der Waals surface area contributed by atoms with Crippen LogP contribution in [0.5, 0.6) is 5.75 Å². The summed E-state index contributed by atoms with van der Waals surface area (Å²) >= 11 is 0. The number of halogens is 2. The van der Waals surface area contributed by atoms with E-state index in [4.69, 9.17) is 9.47 Å². The molecule has 0 radical (unpaired) electrons. The fraction of sp³-hybridized carbons (Fsp3) is 0.556. The van der Waals surface area contributed by atoms with Crippen molar-refractivity contribution in [2.45, 2.75) is 39.4 Å². The lowest BCUT2D eigenvalue weighted by Gasteiger charge is -2.20. The van der Waals surface area contributed by atoms with Crippen molar-refractivity contribution in [3.05, 3.63) is 30.1 Å². The Morgan fingerprint density at radius 2 is 1.74 bits per heavy atom. The molecule has 0 heterocycles. The first-order chi connectivity index (χ1) is 12.2. The Morgan fingerprint density at radius 3 is 2.30 bits per heavy atom. The molecule has 1 rings (SSSR count). The van der Waals surface area contributed by atoms with Gasteiger partial charge in [0.05, 0.1) is 6.54 Å². The van der Waals surface area contributed by atoms with E-state index in [9.17, 15) is 9.18 Å². The predicted octanol–water partition coefficient (Wildman–Crippen LogP) is 2.90. The number of alkyl carbamates (subject to hydrolysis) is 1. The lowest BCUT2D eigenvalue weighted by molar-refractivity contribution is 0.0529. The number of nitrogens with one attached hydrogen (secondary N) is 3. The maximum Gasteiger partial charge on any atom is 0.407 e. The first-order valence-corrected chi connectivity index (χ1v) is 8.53. The minimum absolute atomic E-state index is 0. The lowest BCUT2D eigenvalue weighted by atomic mass is 10.2. The Kier molecular flexibility index (Phi) is 11.7. The van der Waals surface area contributed by atoms with E-state index in [0.29, 0.717) is 31.3 Å². The average Bonchev–Trinajstić information content (AvgIpc) is 2.54. The number of carbonyl (C=O) groups excluding carboxylic acids is 1. The molecule has 3 N–H and O–H groups in total. The normalized spacial score (nSPS) is 12.4.